The van der Waals surface area contributed by atoms with E-state index >= 15 is 0 Å². The first-order chi connectivity index (χ1) is 16.2. The number of halogens is 1. The van der Waals surface area contributed by atoms with Crippen LogP contribution in [0.3, 0.4) is 0 Å². The van der Waals surface area contributed by atoms with Crippen LogP contribution in [0.25, 0.3) is 10.9 Å². The molecule has 0 aliphatic carbocycles. The zero-order valence-corrected chi connectivity index (χ0v) is 19.7. The van der Waals surface area contributed by atoms with Crippen molar-refractivity contribution in [3.8, 4) is 5.75 Å². The third-order valence-electron chi connectivity index (χ3n) is 5.38. The molecule has 2 N–H and O–H groups in total. The van der Waals surface area contributed by atoms with E-state index in [1.807, 2.05) is 48.5 Å². The van der Waals surface area contributed by atoms with Crippen molar-refractivity contribution in [2.24, 2.45) is 0 Å². The monoisotopic (exact) mass is 506 g/mol. The van der Waals surface area contributed by atoms with Gasteiger partial charge in [-0.15, -0.1) is 0 Å². The normalized spacial score (nSPS) is 13.7. The van der Waals surface area contributed by atoms with Crippen molar-refractivity contribution in [3.63, 3.8) is 0 Å². The average Bonchev–Trinajstić information content (AvgIpc) is 2.86. The van der Waals surface area contributed by atoms with E-state index in [0.717, 1.165) is 64.5 Å². The van der Waals surface area contributed by atoms with Gasteiger partial charge in [0.05, 0.1) is 47.9 Å². The van der Waals surface area contributed by atoms with Gasteiger partial charge in [0.1, 0.15) is 11.6 Å². The molecule has 168 valence electrons. The Morgan fingerprint density at radius 1 is 0.970 bits per heavy atom. The summed E-state index contributed by atoms with van der Waals surface area (Å²) in [4.78, 5) is 15.8. The molecule has 3 heterocycles. The van der Waals surface area contributed by atoms with Crippen molar-refractivity contribution in [1.82, 2.24) is 15.0 Å². The minimum Gasteiger partial charge on any atom is -0.495 e. The summed E-state index contributed by atoms with van der Waals surface area (Å²) in [7, 11) is 1.68. The van der Waals surface area contributed by atoms with E-state index in [0.29, 0.717) is 11.8 Å². The van der Waals surface area contributed by atoms with Gasteiger partial charge in [0.25, 0.3) is 0 Å². The third kappa shape index (κ3) is 4.84. The number of para-hydroxylation sites is 1. The number of pyridine rings is 1. The van der Waals surface area contributed by atoms with Gasteiger partial charge in [-0.1, -0.05) is 18.2 Å². The molecule has 0 bridgehead atoms. The molecule has 2 aromatic carbocycles. The van der Waals surface area contributed by atoms with Crippen molar-refractivity contribution >= 4 is 55.7 Å². The summed E-state index contributed by atoms with van der Waals surface area (Å²) in [6.07, 6.45) is 3.50. The Bertz CT molecular complexity index is 1280. The number of nitrogens with zero attached hydrogens (tertiary/aromatic N) is 4. The molecule has 4 aromatic rings. The Labute approximate surface area is 200 Å². The number of methoxy groups -OCH3 is 1. The molecule has 1 aliphatic rings. The van der Waals surface area contributed by atoms with Crippen LogP contribution in [0, 0.1) is 0 Å². The maximum absolute atomic E-state index is 5.64. The van der Waals surface area contributed by atoms with Crippen LogP contribution in [0.15, 0.2) is 65.4 Å². The number of benzene rings is 2. The van der Waals surface area contributed by atoms with E-state index in [4.69, 9.17) is 9.47 Å². The van der Waals surface area contributed by atoms with Gasteiger partial charge in [0.2, 0.25) is 5.95 Å². The summed E-state index contributed by atoms with van der Waals surface area (Å²) in [6, 6.07) is 16.0. The predicted molar refractivity (Wildman–Crippen MR) is 134 cm³/mol. The number of fused-ring (bicyclic) bond motifs is 1. The van der Waals surface area contributed by atoms with E-state index in [1.54, 1.807) is 19.5 Å². The Kier molecular flexibility index (Phi) is 6.23. The molecule has 9 heteroatoms. The van der Waals surface area contributed by atoms with E-state index in [2.05, 4.69) is 46.4 Å². The first kappa shape index (κ1) is 21.4. The summed E-state index contributed by atoms with van der Waals surface area (Å²) in [5.41, 5.74) is 3.68. The molecule has 0 amide bonds. The van der Waals surface area contributed by atoms with Crippen molar-refractivity contribution < 1.29 is 9.47 Å². The van der Waals surface area contributed by atoms with Crippen molar-refractivity contribution in [3.05, 3.63) is 65.4 Å². The molecule has 1 fully saturated rings. The lowest BCUT2D eigenvalue weighted by molar-refractivity contribution is 0.122. The standard InChI is InChI=1S/C24H23BrN6O2/c1-32-22-13-17(6-7-21(22)31-8-10-33-11-9-31)29-24-27-15-19(25)23(30-24)28-18-12-16-4-2-3-5-20(16)26-14-18/h2-7,12-15H,8-11H2,1H3,(H2,27,28,29,30). The molecule has 0 unspecified atom stereocenters. The first-order valence-electron chi connectivity index (χ1n) is 10.6. The quantitative estimate of drug-likeness (QED) is 0.372. The molecule has 33 heavy (non-hydrogen) atoms. The van der Waals surface area contributed by atoms with Crippen LogP contribution < -0.4 is 20.3 Å². The highest BCUT2D eigenvalue weighted by Gasteiger charge is 2.16. The molecule has 0 radical (unpaired) electrons. The summed E-state index contributed by atoms with van der Waals surface area (Å²) in [6.45, 7) is 3.13. The lowest BCUT2D eigenvalue weighted by Gasteiger charge is -2.30. The van der Waals surface area contributed by atoms with Gasteiger partial charge in [-0.25, -0.2) is 4.98 Å². The van der Waals surface area contributed by atoms with Gasteiger partial charge in [-0.2, -0.15) is 4.98 Å². The second-order valence-electron chi connectivity index (χ2n) is 7.54. The van der Waals surface area contributed by atoms with Crippen LogP contribution in [0.1, 0.15) is 0 Å². The molecule has 0 atom stereocenters. The molecule has 0 spiro atoms. The predicted octanol–water partition coefficient (Wildman–Crippen LogP) is 5.12. The second kappa shape index (κ2) is 9.60. The summed E-state index contributed by atoms with van der Waals surface area (Å²) >= 11 is 3.53. The highest BCUT2D eigenvalue weighted by atomic mass is 79.9. The SMILES string of the molecule is COc1cc(Nc2ncc(Br)c(Nc3cnc4ccccc4c3)n2)ccc1N1CCOCC1. The first-order valence-corrected chi connectivity index (χ1v) is 11.4. The second-order valence-corrected chi connectivity index (χ2v) is 8.40. The minimum absolute atomic E-state index is 0.468. The lowest BCUT2D eigenvalue weighted by Crippen LogP contribution is -2.36. The summed E-state index contributed by atoms with van der Waals surface area (Å²) in [5.74, 6) is 1.90. The topological polar surface area (TPSA) is 84.4 Å². The fraction of sp³-hybridized carbons (Fsp3) is 0.208. The van der Waals surface area contributed by atoms with Gasteiger partial charge in [-0.05, 0) is 40.2 Å². The van der Waals surface area contributed by atoms with E-state index < -0.39 is 0 Å². The fourth-order valence-corrected chi connectivity index (χ4v) is 4.03. The number of aromatic nitrogens is 3. The van der Waals surface area contributed by atoms with Gasteiger partial charge < -0.3 is 25.0 Å². The van der Waals surface area contributed by atoms with E-state index in [-0.39, 0.29) is 0 Å². The highest BCUT2D eigenvalue weighted by molar-refractivity contribution is 9.10. The van der Waals surface area contributed by atoms with Crippen LogP contribution in [-0.4, -0.2) is 48.4 Å². The molecule has 1 aliphatic heterocycles. The number of ether oxygens (including phenoxy) is 2. The molecular weight excluding hydrogens is 484 g/mol. The largest absolute Gasteiger partial charge is 0.495 e. The smallest absolute Gasteiger partial charge is 0.229 e. The zero-order chi connectivity index (χ0) is 22.6. The molecule has 1 saturated heterocycles. The van der Waals surface area contributed by atoms with Gasteiger partial charge in [0, 0.05) is 36.4 Å². The number of rotatable bonds is 6. The fourth-order valence-electron chi connectivity index (χ4n) is 3.74. The zero-order valence-electron chi connectivity index (χ0n) is 18.1. The van der Waals surface area contributed by atoms with E-state index in [9.17, 15) is 0 Å². The Balaban J connectivity index is 1.36. The minimum atomic E-state index is 0.468. The maximum atomic E-state index is 5.64. The molecular formula is C24H23BrN6O2. The van der Waals surface area contributed by atoms with Crippen molar-refractivity contribution in [2.45, 2.75) is 0 Å². The Morgan fingerprint density at radius 3 is 2.67 bits per heavy atom. The number of morpholine rings is 1. The maximum Gasteiger partial charge on any atom is 0.229 e. The van der Waals surface area contributed by atoms with Gasteiger partial charge >= 0.3 is 0 Å². The average molecular weight is 507 g/mol. The highest BCUT2D eigenvalue weighted by Crippen LogP contribution is 2.33. The Morgan fingerprint density at radius 2 is 1.82 bits per heavy atom. The van der Waals surface area contributed by atoms with Crippen molar-refractivity contribution in [2.75, 3.05) is 48.9 Å². The van der Waals surface area contributed by atoms with Crippen molar-refractivity contribution in [1.29, 1.82) is 0 Å². The number of hydrogen-bond donors (Lipinski definition) is 2. The molecule has 5 rings (SSSR count). The molecule has 8 nitrogen and oxygen atoms in total. The summed E-state index contributed by atoms with van der Waals surface area (Å²) < 4.78 is 11.9. The number of nitrogens with one attached hydrogen (secondary N) is 2. The Hall–Kier alpha value is -3.43. The van der Waals surface area contributed by atoms with Crippen LogP contribution in [0.5, 0.6) is 5.75 Å². The van der Waals surface area contributed by atoms with Crippen LogP contribution in [0.4, 0.5) is 28.8 Å². The number of hydrogen-bond acceptors (Lipinski definition) is 8. The molecule has 0 saturated carbocycles. The van der Waals surface area contributed by atoms with E-state index in [1.165, 1.54) is 0 Å². The summed E-state index contributed by atoms with van der Waals surface area (Å²) in [5, 5.41) is 7.65. The van der Waals surface area contributed by atoms with Gasteiger partial charge in [-0.3, -0.25) is 4.98 Å². The van der Waals surface area contributed by atoms with Crippen LogP contribution in [-0.2, 0) is 4.74 Å². The van der Waals surface area contributed by atoms with Crippen LogP contribution >= 0.6 is 15.9 Å². The lowest BCUT2D eigenvalue weighted by atomic mass is 10.2. The number of anilines is 5. The molecule has 2 aromatic heterocycles. The third-order valence-corrected chi connectivity index (χ3v) is 5.97. The van der Waals surface area contributed by atoms with Gasteiger partial charge in [0.15, 0.2) is 0 Å². The van der Waals surface area contributed by atoms with Crippen LogP contribution in [0.2, 0.25) is 0 Å².